The van der Waals surface area contributed by atoms with E-state index in [0.29, 0.717) is 17.9 Å². The maximum atomic E-state index is 11.4. The lowest BCUT2D eigenvalue weighted by Gasteiger charge is -2.12. The van der Waals surface area contributed by atoms with Crippen molar-refractivity contribution >= 4 is 17.0 Å². The number of ether oxygens (including phenoxy) is 2. The average molecular weight is 355 g/mol. The third kappa shape index (κ3) is 3.55. The highest BCUT2D eigenvalue weighted by Gasteiger charge is 2.21. The van der Waals surface area contributed by atoms with Gasteiger partial charge < -0.3 is 14.6 Å². The van der Waals surface area contributed by atoms with Gasteiger partial charge in [0.25, 0.3) is 5.82 Å². The number of para-hydroxylation sites is 2. The van der Waals surface area contributed by atoms with Crippen molar-refractivity contribution in [2.45, 2.75) is 19.6 Å². The van der Waals surface area contributed by atoms with Gasteiger partial charge in [0.15, 0.2) is 11.0 Å². The molecule has 0 spiro atoms. The monoisotopic (exact) mass is 355 g/mol. The minimum atomic E-state index is -0.662. The van der Waals surface area contributed by atoms with Crippen LogP contribution in [0, 0.1) is 6.92 Å². The second-order valence-electron chi connectivity index (χ2n) is 6.19. The number of carbonyl (C=O) groups is 1. The Morgan fingerprint density at radius 2 is 1.88 bits per heavy atom. The molecule has 0 radical (unpaired) electrons. The molecule has 0 aliphatic rings. The quantitative estimate of drug-likeness (QED) is 0.543. The van der Waals surface area contributed by atoms with Crippen LogP contribution in [0.3, 0.4) is 0 Å². The first-order valence-corrected chi connectivity index (χ1v) is 8.44. The van der Waals surface area contributed by atoms with Gasteiger partial charge in [-0.25, -0.2) is 13.9 Å². The maximum absolute atomic E-state index is 11.4. The number of benzene rings is 2. The highest BCUT2D eigenvalue weighted by Crippen LogP contribution is 2.16. The first-order chi connectivity index (χ1) is 12.5. The number of aliphatic hydroxyl groups excluding tert-OH is 1. The fourth-order valence-corrected chi connectivity index (χ4v) is 3.00. The van der Waals surface area contributed by atoms with E-state index in [0.717, 1.165) is 16.9 Å². The molecule has 1 heterocycles. The summed E-state index contributed by atoms with van der Waals surface area (Å²) in [5.74, 6) is 1.27. The first kappa shape index (κ1) is 17.9. The van der Waals surface area contributed by atoms with Crippen molar-refractivity contribution in [1.29, 1.82) is 0 Å². The Balaban J connectivity index is 1.66. The Bertz CT molecular complexity index is 915. The Kier molecular flexibility index (Phi) is 5.23. The molecule has 6 heteroatoms. The fraction of sp³-hybridized carbons (Fsp3) is 0.300. The number of esters is 1. The number of aliphatic hydroxyl groups is 1. The number of aromatic nitrogens is 2. The van der Waals surface area contributed by atoms with Crippen LogP contribution in [0.1, 0.15) is 16.2 Å². The van der Waals surface area contributed by atoms with E-state index in [1.165, 1.54) is 7.11 Å². The molecule has 3 aromatic rings. The average Bonchev–Trinajstić information content (AvgIpc) is 2.91. The molecule has 1 N–H and O–H groups in total. The van der Waals surface area contributed by atoms with Crippen molar-refractivity contribution in [1.82, 2.24) is 4.57 Å². The summed E-state index contributed by atoms with van der Waals surface area (Å²) in [6, 6.07) is 14.7. The minimum Gasteiger partial charge on any atom is -0.491 e. The summed E-state index contributed by atoms with van der Waals surface area (Å²) in [4.78, 5) is 11.4. The van der Waals surface area contributed by atoms with Crippen LogP contribution in [-0.2, 0) is 18.3 Å². The van der Waals surface area contributed by atoms with E-state index < -0.39 is 6.10 Å². The Labute approximate surface area is 152 Å². The summed E-state index contributed by atoms with van der Waals surface area (Å²) in [5.41, 5.74) is 2.66. The molecule has 0 bridgehead atoms. The minimum absolute atomic E-state index is 0.160. The van der Waals surface area contributed by atoms with Crippen molar-refractivity contribution in [3.05, 3.63) is 59.9 Å². The summed E-state index contributed by atoms with van der Waals surface area (Å²) < 4.78 is 14.5. The van der Waals surface area contributed by atoms with Crippen molar-refractivity contribution in [3.63, 3.8) is 0 Å². The van der Waals surface area contributed by atoms with Gasteiger partial charge in [0.2, 0.25) is 0 Å². The van der Waals surface area contributed by atoms with E-state index in [4.69, 9.17) is 4.74 Å². The number of hydrogen-bond donors (Lipinski definition) is 1. The molecule has 0 unspecified atom stereocenters. The van der Waals surface area contributed by atoms with E-state index in [1.807, 2.05) is 32.2 Å². The lowest BCUT2D eigenvalue weighted by atomic mass is 10.2. The Morgan fingerprint density at radius 1 is 1.19 bits per heavy atom. The summed E-state index contributed by atoms with van der Waals surface area (Å²) in [5, 5.41) is 10.4. The summed E-state index contributed by atoms with van der Waals surface area (Å²) >= 11 is 0. The van der Waals surface area contributed by atoms with Gasteiger partial charge in [-0.1, -0.05) is 12.1 Å². The highest BCUT2D eigenvalue weighted by atomic mass is 16.5. The van der Waals surface area contributed by atoms with Crippen LogP contribution in [0.5, 0.6) is 5.75 Å². The molecule has 0 saturated heterocycles. The number of methoxy groups -OCH3 is 1. The second-order valence-corrected chi connectivity index (χ2v) is 6.19. The first-order valence-electron chi connectivity index (χ1n) is 8.44. The third-order valence-electron chi connectivity index (χ3n) is 4.52. The van der Waals surface area contributed by atoms with Crippen LogP contribution in [-0.4, -0.2) is 35.5 Å². The molecule has 1 aromatic heterocycles. The Morgan fingerprint density at radius 3 is 2.58 bits per heavy atom. The molecule has 136 valence electrons. The zero-order valence-electron chi connectivity index (χ0n) is 15.2. The molecule has 0 saturated carbocycles. The van der Waals surface area contributed by atoms with E-state index in [1.54, 1.807) is 24.3 Å². The molecule has 0 fully saturated rings. The van der Waals surface area contributed by atoms with Gasteiger partial charge in [-0.15, -0.1) is 0 Å². The number of aryl methyl sites for hydroxylation is 1. The van der Waals surface area contributed by atoms with E-state index in [-0.39, 0.29) is 12.6 Å². The van der Waals surface area contributed by atoms with Gasteiger partial charge >= 0.3 is 5.97 Å². The van der Waals surface area contributed by atoms with Gasteiger partial charge in [-0.2, -0.15) is 0 Å². The van der Waals surface area contributed by atoms with E-state index in [2.05, 4.69) is 19.9 Å². The topological polar surface area (TPSA) is 64.6 Å². The Hall–Kier alpha value is -2.86. The molecule has 1 atom stereocenters. The number of hydrogen-bond acceptors (Lipinski definition) is 4. The van der Waals surface area contributed by atoms with Gasteiger partial charge in [0, 0.05) is 6.92 Å². The molecular formula is C20H23N2O4+. The van der Waals surface area contributed by atoms with Crippen LogP contribution in [0.2, 0.25) is 0 Å². The lowest BCUT2D eigenvalue weighted by molar-refractivity contribution is -0.652. The molecule has 0 aliphatic carbocycles. The summed E-state index contributed by atoms with van der Waals surface area (Å²) in [6.45, 7) is 2.62. The molecule has 3 rings (SSSR count). The van der Waals surface area contributed by atoms with Crippen molar-refractivity contribution in [2.75, 3.05) is 13.7 Å². The largest absolute Gasteiger partial charge is 0.491 e. The van der Waals surface area contributed by atoms with Crippen LogP contribution in [0.4, 0.5) is 0 Å². The zero-order valence-corrected chi connectivity index (χ0v) is 15.2. The number of fused-ring (bicyclic) bond motifs is 1. The number of carbonyl (C=O) groups excluding carboxylic acids is 1. The third-order valence-corrected chi connectivity index (χ3v) is 4.52. The lowest BCUT2D eigenvalue weighted by Crippen LogP contribution is -2.32. The van der Waals surface area contributed by atoms with E-state index >= 15 is 0 Å². The molecule has 2 aromatic carbocycles. The SMILES string of the molecule is COC(=O)c1ccc(OC[C@@H](O)Cn2c(C)[n+](C)c3ccccc32)cc1. The zero-order chi connectivity index (χ0) is 18.7. The van der Waals surface area contributed by atoms with E-state index in [9.17, 15) is 9.90 Å². The second kappa shape index (κ2) is 7.58. The standard InChI is InChI=1S/C20H23N2O4/c1-14-21(2)18-6-4-5-7-19(18)22(14)12-16(23)13-26-17-10-8-15(9-11-17)20(24)25-3/h4-11,16,23H,12-13H2,1-3H3/q+1/t16-/m0/s1. The summed E-state index contributed by atoms with van der Waals surface area (Å²) in [7, 11) is 3.36. The molecule has 6 nitrogen and oxygen atoms in total. The smallest absolute Gasteiger partial charge is 0.337 e. The van der Waals surface area contributed by atoms with Crippen LogP contribution >= 0.6 is 0 Å². The molecule has 26 heavy (non-hydrogen) atoms. The van der Waals surface area contributed by atoms with Gasteiger partial charge in [-0.3, -0.25) is 0 Å². The van der Waals surface area contributed by atoms with Gasteiger partial charge in [0.1, 0.15) is 25.0 Å². The van der Waals surface area contributed by atoms with Gasteiger partial charge in [0.05, 0.1) is 19.7 Å². The van der Waals surface area contributed by atoms with Crippen LogP contribution in [0.15, 0.2) is 48.5 Å². The van der Waals surface area contributed by atoms with Gasteiger partial charge in [-0.05, 0) is 36.4 Å². The van der Waals surface area contributed by atoms with Crippen molar-refractivity contribution < 1.29 is 23.9 Å². The predicted octanol–water partition coefficient (Wildman–Crippen LogP) is 2.00. The maximum Gasteiger partial charge on any atom is 0.337 e. The highest BCUT2D eigenvalue weighted by molar-refractivity contribution is 5.89. The fourth-order valence-electron chi connectivity index (χ4n) is 3.00. The molecule has 0 amide bonds. The normalized spacial score (nSPS) is 12.2. The predicted molar refractivity (Wildman–Crippen MR) is 97.1 cm³/mol. The number of nitrogens with zero attached hydrogens (tertiary/aromatic N) is 2. The molecular weight excluding hydrogens is 332 g/mol. The van der Waals surface area contributed by atoms with Crippen LogP contribution < -0.4 is 9.30 Å². The summed E-state index contributed by atoms with van der Waals surface area (Å²) in [6.07, 6.45) is -0.662. The van der Waals surface area contributed by atoms with Crippen LogP contribution in [0.25, 0.3) is 11.0 Å². The number of rotatable bonds is 6. The number of imidazole rings is 1. The molecule has 0 aliphatic heterocycles. The van der Waals surface area contributed by atoms with Crippen molar-refractivity contribution in [3.8, 4) is 5.75 Å². The van der Waals surface area contributed by atoms with Crippen molar-refractivity contribution in [2.24, 2.45) is 7.05 Å².